The van der Waals surface area contributed by atoms with Gasteiger partial charge in [-0.1, -0.05) is 38.1 Å². The fraction of sp³-hybridized carbons (Fsp3) is 0.294. The first kappa shape index (κ1) is 16.5. The first-order valence-electron chi connectivity index (χ1n) is 6.69. The van der Waals surface area contributed by atoms with Gasteiger partial charge in [-0.3, -0.25) is 4.79 Å². The van der Waals surface area contributed by atoms with Crippen LogP contribution in [0.15, 0.2) is 30.3 Å². The van der Waals surface area contributed by atoms with Gasteiger partial charge in [-0.25, -0.2) is 4.79 Å². The summed E-state index contributed by atoms with van der Waals surface area (Å²) in [5.41, 5.74) is 2.09. The van der Waals surface area contributed by atoms with Gasteiger partial charge in [0, 0.05) is 12.5 Å². The summed E-state index contributed by atoms with van der Waals surface area (Å²) < 4.78 is 0. The zero-order chi connectivity index (χ0) is 15.8. The lowest BCUT2D eigenvalue weighted by atomic mass is 10.0. The van der Waals surface area contributed by atoms with Crippen LogP contribution in [0.1, 0.15) is 37.3 Å². The van der Waals surface area contributed by atoms with Crippen LogP contribution < -0.4 is 5.32 Å². The summed E-state index contributed by atoms with van der Waals surface area (Å²) in [6.07, 6.45) is 7.96. The van der Waals surface area contributed by atoms with Crippen LogP contribution in [0.2, 0.25) is 0 Å². The Kier molecular flexibility index (Phi) is 6.22. The number of aliphatic carboxylic acids is 1. The first-order valence-corrected chi connectivity index (χ1v) is 6.69. The van der Waals surface area contributed by atoms with Gasteiger partial charge in [-0.05, 0) is 23.1 Å². The van der Waals surface area contributed by atoms with Crippen molar-refractivity contribution in [3.8, 4) is 12.3 Å². The molecule has 2 N–H and O–H groups in total. The maximum Gasteiger partial charge on any atom is 0.327 e. The van der Waals surface area contributed by atoms with Crippen molar-refractivity contribution in [2.75, 3.05) is 0 Å². The molecule has 0 aliphatic carbocycles. The van der Waals surface area contributed by atoms with Crippen molar-refractivity contribution in [1.82, 2.24) is 5.32 Å². The second-order valence-electron chi connectivity index (χ2n) is 4.96. The van der Waals surface area contributed by atoms with Crippen LogP contribution in [-0.4, -0.2) is 23.0 Å². The van der Waals surface area contributed by atoms with E-state index in [0.29, 0.717) is 5.92 Å². The summed E-state index contributed by atoms with van der Waals surface area (Å²) in [5, 5.41) is 11.2. The molecule has 0 aliphatic rings. The Balaban J connectivity index is 2.65. The lowest BCUT2D eigenvalue weighted by Crippen LogP contribution is -2.39. The van der Waals surface area contributed by atoms with E-state index >= 15 is 0 Å². The molecule has 1 rings (SSSR count). The number of terminal acetylenes is 1. The molecular weight excluding hydrogens is 266 g/mol. The highest BCUT2D eigenvalue weighted by Crippen LogP contribution is 2.15. The van der Waals surface area contributed by atoms with Gasteiger partial charge in [-0.15, -0.1) is 12.3 Å². The second-order valence-corrected chi connectivity index (χ2v) is 4.96. The van der Waals surface area contributed by atoms with Gasteiger partial charge < -0.3 is 10.4 Å². The fourth-order valence-electron chi connectivity index (χ4n) is 1.70. The molecule has 1 atom stereocenters. The van der Waals surface area contributed by atoms with Gasteiger partial charge in [0.1, 0.15) is 6.04 Å². The summed E-state index contributed by atoms with van der Waals surface area (Å²) in [7, 11) is 0. The minimum absolute atomic E-state index is 0.0437. The Morgan fingerprint density at radius 2 is 1.95 bits per heavy atom. The van der Waals surface area contributed by atoms with Crippen molar-refractivity contribution in [2.24, 2.45) is 0 Å². The molecule has 1 aromatic rings. The maximum absolute atomic E-state index is 11.7. The molecule has 0 saturated carbocycles. The molecule has 0 aromatic heterocycles. The van der Waals surface area contributed by atoms with Crippen molar-refractivity contribution in [2.45, 2.75) is 32.2 Å². The molecule has 0 saturated heterocycles. The summed E-state index contributed by atoms with van der Waals surface area (Å²) in [6.45, 7) is 4.21. The number of carboxylic acid groups (broad SMARTS) is 1. The SMILES string of the molecule is C#CCC(NC(=O)/C=C/c1ccc(C(C)C)cc1)C(=O)O. The molecule has 4 heteroatoms. The molecule has 1 unspecified atom stereocenters. The molecule has 110 valence electrons. The van der Waals surface area contributed by atoms with Crippen LogP contribution in [0.3, 0.4) is 0 Å². The van der Waals surface area contributed by atoms with Crippen LogP contribution in [0.4, 0.5) is 0 Å². The van der Waals surface area contributed by atoms with Gasteiger partial charge in [0.15, 0.2) is 0 Å². The van der Waals surface area contributed by atoms with E-state index in [1.165, 1.54) is 11.6 Å². The number of benzene rings is 1. The molecule has 0 bridgehead atoms. The lowest BCUT2D eigenvalue weighted by molar-refractivity contribution is -0.141. The Morgan fingerprint density at radius 1 is 1.33 bits per heavy atom. The summed E-state index contributed by atoms with van der Waals surface area (Å²) in [6, 6.07) is 6.77. The molecule has 21 heavy (non-hydrogen) atoms. The number of carbonyl (C=O) groups is 2. The molecule has 0 fully saturated rings. The Hall–Kier alpha value is -2.54. The van der Waals surface area contributed by atoms with E-state index in [2.05, 4.69) is 25.1 Å². The topological polar surface area (TPSA) is 66.4 Å². The number of rotatable bonds is 6. The molecule has 1 aromatic carbocycles. The summed E-state index contributed by atoms with van der Waals surface area (Å²) in [4.78, 5) is 22.5. The van der Waals surface area contributed by atoms with Crippen LogP contribution in [-0.2, 0) is 9.59 Å². The van der Waals surface area contributed by atoms with E-state index in [4.69, 9.17) is 11.5 Å². The van der Waals surface area contributed by atoms with Crippen molar-refractivity contribution in [3.63, 3.8) is 0 Å². The minimum atomic E-state index is -1.14. The number of carboxylic acids is 1. The van der Waals surface area contributed by atoms with Crippen molar-refractivity contribution in [3.05, 3.63) is 41.5 Å². The quantitative estimate of drug-likeness (QED) is 0.623. The predicted molar refractivity (Wildman–Crippen MR) is 82.6 cm³/mol. The minimum Gasteiger partial charge on any atom is -0.480 e. The van der Waals surface area contributed by atoms with Crippen molar-refractivity contribution < 1.29 is 14.7 Å². The average Bonchev–Trinajstić information content (AvgIpc) is 2.45. The highest BCUT2D eigenvalue weighted by atomic mass is 16.4. The molecule has 0 spiro atoms. The first-order chi connectivity index (χ1) is 9.93. The molecular formula is C17H19NO3. The Bertz CT molecular complexity index is 565. The van der Waals surface area contributed by atoms with Gasteiger partial charge in [0.25, 0.3) is 0 Å². The summed E-state index contributed by atoms with van der Waals surface area (Å²) in [5.74, 6) is 1.05. The van der Waals surface area contributed by atoms with Crippen LogP contribution in [0.5, 0.6) is 0 Å². The largest absolute Gasteiger partial charge is 0.480 e. The van der Waals surface area contributed by atoms with Gasteiger partial charge in [0.05, 0.1) is 0 Å². The molecule has 1 amide bonds. The van der Waals surface area contributed by atoms with E-state index in [-0.39, 0.29) is 6.42 Å². The van der Waals surface area contributed by atoms with E-state index in [1.807, 2.05) is 24.3 Å². The smallest absolute Gasteiger partial charge is 0.327 e. The monoisotopic (exact) mass is 285 g/mol. The number of amides is 1. The number of hydrogen-bond donors (Lipinski definition) is 2. The fourth-order valence-corrected chi connectivity index (χ4v) is 1.70. The maximum atomic E-state index is 11.7. The summed E-state index contributed by atoms with van der Waals surface area (Å²) >= 11 is 0. The molecule has 0 radical (unpaired) electrons. The van der Waals surface area contributed by atoms with Crippen LogP contribution >= 0.6 is 0 Å². The number of nitrogens with one attached hydrogen (secondary N) is 1. The highest BCUT2D eigenvalue weighted by molar-refractivity contribution is 5.94. The van der Waals surface area contributed by atoms with E-state index in [1.54, 1.807) is 6.08 Å². The zero-order valence-electron chi connectivity index (χ0n) is 12.2. The van der Waals surface area contributed by atoms with E-state index < -0.39 is 17.9 Å². The van der Waals surface area contributed by atoms with Gasteiger partial charge in [0.2, 0.25) is 5.91 Å². The average molecular weight is 285 g/mol. The number of carbonyl (C=O) groups excluding carboxylic acids is 1. The normalized spacial score (nSPS) is 12.1. The Labute approximate surface area is 124 Å². The van der Waals surface area contributed by atoms with Crippen molar-refractivity contribution >= 4 is 18.0 Å². The Morgan fingerprint density at radius 3 is 2.43 bits per heavy atom. The van der Waals surface area contributed by atoms with Crippen molar-refractivity contribution in [1.29, 1.82) is 0 Å². The second kappa shape index (κ2) is 7.91. The zero-order valence-corrected chi connectivity index (χ0v) is 12.2. The van der Waals surface area contributed by atoms with Crippen LogP contribution in [0.25, 0.3) is 6.08 Å². The molecule has 4 nitrogen and oxygen atoms in total. The number of hydrogen-bond acceptors (Lipinski definition) is 2. The third-order valence-corrected chi connectivity index (χ3v) is 2.97. The van der Waals surface area contributed by atoms with Gasteiger partial charge in [-0.2, -0.15) is 0 Å². The van der Waals surface area contributed by atoms with Crippen LogP contribution in [0, 0.1) is 12.3 Å². The lowest BCUT2D eigenvalue weighted by Gasteiger charge is -2.09. The molecule has 0 aliphatic heterocycles. The third kappa shape index (κ3) is 5.53. The van der Waals surface area contributed by atoms with E-state index in [0.717, 1.165) is 5.56 Å². The van der Waals surface area contributed by atoms with E-state index in [9.17, 15) is 9.59 Å². The van der Waals surface area contributed by atoms with Gasteiger partial charge >= 0.3 is 5.97 Å². The standard InChI is InChI=1S/C17H19NO3/c1-4-5-15(17(20)21)18-16(19)11-8-13-6-9-14(10-7-13)12(2)3/h1,6-12,15H,5H2,2-3H3,(H,18,19)(H,20,21)/b11-8+. The highest BCUT2D eigenvalue weighted by Gasteiger charge is 2.17. The molecule has 0 heterocycles. The third-order valence-electron chi connectivity index (χ3n) is 2.97. The predicted octanol–water partition coefficient (Wildman–Crippen LogP) is 2.42.